The van der Waals surface area contributed by atoms with Crippen molar-refractivity contribution in [3.8, 4) is 0 Å². The zero-order chi connectivity index (χ0) is 12.3. The fraction of sp³-hybridized carbons (Fsp3) is 1.00. The van der Waals surface area contributed by atoms with Gasteiger partial charge in [0, 0.05) is 5.54 Å². The summed E-state index contributed by atoms with van der Waals surface area (Å²) in [5.41, 5.74) is 0.484. The molecule has 0 saturated heterocycles. The lowest BCUT2D eigenvalue weighted by Crippen LogP contribution is -2.44. The molecule has 3 unspecified atom stereocenters. The van der Waals surface area contributed by atoms with Crippen LogP contribution in [0.5, 0.6) is 0 Å². The summed E-state index contributed by atoms with van der Waals surface area (Å²) in [6.45, 7) is 6.08. The third-order valence-electron chi connectivity index (χ3n) is 5.38. The standard InChI is InChI=1S/C16H31N/c1-4-12-17(3)16(2)10-6-5-8-14-13-15(14)9-7-11-16/h14-15H,4-13H2,1-3H3. The molecule has 0 N–H and O–H groups in total. The van der Waals surface area contributed by atoms with Crippen LogP contribution >= 0.6 is 0 Å². The van der Waals surface area contributed by atoms with E-state index in [4.69, 9.17) is 0 Å². The Labute approximate surface area is 108 Å². The van der Waals surface area contributed by atoms with Crippen LogP contribution in [0.3, 0.4) is 0 Å². The van der Waals surface area contributed by atoms with Crippen molar-refractivity contribution < 1.29 is 0 Å². The van der Waals surface area contributed by atoms with Crippen LogP contribution in [0, 0.1) is 11.8 Å². The molecule has 0 bridgehead atoms. The largest absolute Gasteiger partial charge is 0.301 e. The van der Waals surface area contributed by atoms with Gasteiger partial charge in [0.2, 0.25) is 0 Å². The first-order valence-electron chi connectivity index (χ1n) is 7.87. The molecule has 1 nitrogen and oxygen atoms in total. The maximum absolute atomic E-state index is 2.64. The maximum Gasteiger partial charge on any atom is 0.0178 e. The van der Waals surface area contributed by atoms with Crippen molar-refractivity contribution in [3.05, 3.63) is 0 Å². The molecule has 0 aliphatic heterocycles. The predicted molar refractivity (Wildman–Crippen MR) is 75.2 cm³/mol. The predicted octanol–water partition coefficient (Wildman–Crippen LogP) is 4.47. The molecule has 2 aliphatic carbocycles. The maximum atomic E-state index is 2.64. The minimum Gasteiger partial charge on any atom is -0.301 e. The Morgan fingerprint density at radius 3 is 2.41 bits per heavy atom. The Hall–Kier alpha value is -0.0400. The number of rotatable bonds is 3. The molecule has 100 valence electrons. The highest BCUT2D eigenvalue weighted by Crippen LogP contribution is 2.47. The van der Waals surface area contributed by atoms with Gasteiger partial charge >= 0.3 is 0 Å². The van der Waals surface area contributed by atoms with Gasteiger partial charge in [-0.1, -0.05) is 39.0 Å². The highest BCUT2D eigenvalue weighted by atomic mass is 15.2. The molecule has 0 aromatic rings. The zero-order valence-electron chi connectivity index (χ0n) is 12.2. The van der Waals surface area contributed by atoms with Crippen LogP contribution in [0.15, 0.2) is 0 Å². The molecule has 0 heterocycles. The highest BCUT2D eigenvalue weighted by Gasteiger charge is 2.37. The summed E-state index contributed by atoms with van der Waals surface area (Å²) < 4.78 is 0. The fourth-order valence-corrected chi connectivity index (χ4v) is 3.79. The van der Waals surface area contributed by atoms with E-state index in [0.717, 1.165) is 11.8 Å². The second-order valence-corrected chi connectivity index (χ2v) is 6.81. The van der Waals surface area contributed by atoms with Gasteiger partial charge in [-0.05, 0) is 58.0 Å². The normalized spacial score (nSPS) is 38.8. The van der Waals surface area contributed by atoms with Gasteiger partial charge in [0.15, 0.2) is 0 Å². The molecule has 0 spiro atoms. The van der Waals surface area contributed by atoms with E-state index in [2.05, 4.69) is 25.8 Å². The van der Waals surface area contributed by atoms with Gasteiger partial charge in [0.25, 0.3) is 0 Å². The third-order valence-corrected chi connectivity index (χ3v) is 5.38. The summed E-state index contributed by atoms with van der Waals surface area (Å²) in [4.78, 5) is 2.64. The minimum atomic E-state index is 0.484. The second kappa shape index (κ2) is 5.73. The fourth-order valence-electron chi connectivity index (χ4n) is 3.79. The Bertz CT molecular complexity index is 238. The minimum absolute atomic E-state index is 0.484. The van der Waals surface area contributed by atoms with Gasteiger partial charge in [-0.2, -0.15) is 0 Å². The molecule has 0 radical (unpaired) electrons. The average Bonchev–Trinajstić information content (AvgIpc) is 3.04. The molecule has 0 aromatic heterocycles. The van der Waals surface area contributed by atoms with Crippen LogP contribution < -0.4 is 0 Å². The van der Waals surface area contributed by atoms with Crippen LogP contribution in [-0.4, -0.2) is 24.0 Å². The van der Waals surface area contributed by atoms with Crippen molar-refractivity contribution in [1.29, 1.82) is 0 Å². The van der Waals surface area contributed by atoms with Crippen molar-refractivity contribution >= 4 is 0 Å². The van der Waals surface area contributed by atoms with Crippen LogP contribution in [0.1, 0.15) is 71.6 Å². The lowest BCUT2D eigenvalue weighted by atomic mass is 9.85. The number of nitrogens with zero attached hydrogens (tertiary/aromatic N) is 1. The quantitative estimate of drug-likeness (QED) is 0.700. The lowest BCUT2D eigenvalue weighted by molar-refractivity contribution is 0.107. The Morgan fingerprint density at radius 1 is 1.06 bits per heavy atom. The molecular formula is C16H31N. The summed E-state index contributed by atoms with van der Waals surface area (Å²) >= 11 is 0. The second-order valence-electron chi connectivity index (χ2n) is 6.81. The molecule has 0 aromatic carbocycles. The number of hydrogen-bond donors (Lipinski definition) is 0. The van der Waals surface area contributed by atoms with E-state index in [0.29, 0.717) is 5.54 Å². The Morgan fingerprint density at radius 2 is 1.71 bits per heavy atom. The SMILES string of the molecule is CCCN(C)C1(C)CCCCC2CC2CCC1. The smallest absolute Gasteiger partial charge is 0.0178 e. The summed E-state index contributed by atoms with van der Waals surface area (Å²) in [5.74, 6) is 2.25. The third kappa shape index (κ3) is 3.47. The first-order chi connectivity index (χ1) is 8.15. The topological polar surface area (TPSA) is 3.24 Å². The first-order valence-corrected chi connectivity index (χ1v) is 7.87. The van der Waals surface area contributed by atoms with Crippen molar-refractivity contribution in [2.24, 2.45) is 11.8 Å². The van der Waals surface area contributed by atoms with E-state index >= 15 is 0 Å². The van der Waals surface area contributed by atoms with Gasteiger partial charge in [-0.3, -0.25) is 0 Å². The molecule has 3 atom stereocenters. The van der Waals surface area contributed by atoms with E-state index in [1.165, 1.54) is 57.9 Å². The monoisotopic (exact) mass is 237 g/mol. The number of fused-ring (bicyclic) bond motifs is 1. The van der Waals surface area contributed by atoms with E-state index in [-0.39, 0.29) is 0 Å². The summed E-state index contributed by atoms with van der Waals surface area (Å²) in [7, 11) is 2.34. The molecular weight excluding hydrogens is 206 g/mol. The van der Waals surface area contributed by atoms with Gasteiger partial charge in [0.1, 0.15) is 0 Å². The van der Waals surface area contributed by atoms with Crippen molar-refractivity contribution in [2.45, 2.75) is 77.2 Å². The van der Waals surface area contributed by atoms with Gasteiger partial charge < -0.3 is 4.90 Å². The van der Waals surface area contributed by atoms with Crippen molar-refractivity contribution in [1.82, 2.24) is 4.90 Å². The van der Waals surface area contributed by atoms with Gasteiger partial charge in [-0.25, -0.2) is 0 Å². The highest BCUT2D eigenvalue weighted by molar-refractivity contribution is 4.90. The molecule has 2 saturated carbocycles. The lowest BCUT2D eigenvalue weighted by Gasteiger charge is -2.40. The van der Waals surface area contributed by atoms with E-state index < -0.39 is 0 Å². The molecule has 2 fully saturated rings. The van der Waals surface area contributed by atoms with E-state index in [1.54, 1.807) is 6.42 Å². The van der Waals surface area contributed by atoms with Gasteiger partial charge in [-0.15, -0.1) is 0 Å². The molecule has 17 heavy (non-hydrogen) atoms. The molecule has 1 heteroatoms. The van der Waals surface area contributed by atoms with Crippen molar-refractivity contribution in [2.75, 3.05) is 13.6 Å². The average molecular weight is 237 g/mol. The van der Waals surface area contributed by atoms with Crippen LogP contribution in [-0.2, 0) is 0 Å². The Balaban J connectivity index is 1.89. The zero-order valence-corrected chi connectivity index (χ0v) is 12.2. The number of hydrogen-bond acceptors (Lipinski definition) is 1. The van der Waals surface area contributed by atoms with Gasteiger partial charge in [0.05, 0.1) is 0 Å². The first kappa shape index (κ1) is 13.4. The van der Waals surface area contributed by atoms with E-state index in [1.807, 2.05) is 0 Å². The summed E-state index contributed by atoms with van der Waals surface area (Å²) in [5, 5.41) is 0. The van der Waals surface area contributed by atoms with Crippen molar-refractivity contribution in [3.63, 3.8) is 0 Å². The van der Waals surface area contributed by atoms with Crippen LogP contribution in [0.25, 0.3) is 0 Å². The summed E-state index contributed by atoms with van der Waals surface area (Å²) in [6.07, 6.45) is 13.1. The molecule has 0 amide bonds. The Kier molecular flexibility index (Phi) is 4.52. The molecule has 2 aliphatic rings. The van der Waals surface area contributed by atoms with Crippen LogP contribution in [0.4, 0.5) is 0 Å². The van der Waals surface area contributed by atoms with Crippen LogP contribution in [0.2, 0.25) is 0 Å². The summed E-state index contributed by atoms with van der Waals surface area (Å²) in [6, 6.07) is 0. The molecule has 2 rings (SSSR count). The van der Waals surface area contributed by atoms with E-state index in [9.17, 15) is 0 Å².